The molecule has 0 radical (unpaired) electrons. The van der Waals surface area contributed by atoms with E-state index in [0.717, 1.165) is 6.42 Å². The maximum absolute atomic E-state index is 13.7. The van der Waals surface area contributed by atoms with Gasteiger partial charge in [0.25, 0.3) is 11.1 Å². The Balaban J connectivity index is 1.88. The topological polar surface area (TPSA) is 135 Å². The standard InChI is InChI=1S/C30H30N4O5S/c1-4-6-12-26-32-28(35)27(30(37)34(26)25(5-2)22-10-7-9-20(18-22)19-31)40(38,39)23-15-13-21(14-16-23)24-11-8-17-33(3)29(24)36/h7-11,13-18,25,37H,4-6,12H2,1-3H3. The fourth-order valence-electron chi connectivity index (χ4n) is 4.75. The Morgan fingerprint density at radius 3 is 2.42 bits per heavy atom. The molecule has 2 aromatic carbocycles. The van der Waals surface area contributed by atoms with E-state index in [9.17, 15) is 28.4 Å². The zero-order chi connectivity index (χ0) is 29.0. The number of aromatic nitrogens is 3. The minimum atomic E-state index is -4.50. The van der Waals surface area contributed by atoms with Crippen molar-refractivity contribution in [2.45, 2.75) is 55.4 Å². The largest absolute Gasteiger partial charge is 0.493 e. The lowest BCUT2D eigenvalue weighted by Gasteiger charge is -2.25. The highest BCUT2D eigenvalue weighted by molar-refractivity contribution is 7.91. The first kappa shape index (κ1) is 28.5. The van der Waals surface area contributed by atoms with Crippen LogP contribution in [0.4, 0.5) is 0 Å². The molecule has 4 aromatic rings. The number of aryl methyl sites for hydroxylation is 2. The average molecular weight is 559 g/mol. The number of hydrogen-bond donors (Lipinski definition) is 1. The van der Waals surface area contributed by atoms with Gasteiger partial charge in [-0.05, 0) is 60.4 Å². The summed E-state index contributed by atoms with van der Waals surface area (Å²) in [5, 5.41) is 20.9. The Morgan fingerprint density at radius 2 is 1.77 bits per heavy atom. The van der Waals surface area contributed by atoms with Crippen LogP contribution in [0, 0.1) is 11.3 Å². The van der Waals surface area contributed by atoms with Gasteiger partial charge in [-0.15, -0.1) is 0 Å². The van der Waals surface area contributed by atoms with Gasteiger partial charge in [0.05, 0.1) is 22.6 Å². The molecule has 1 N–H and O–H groups in total. The van der Waals surface area contributed by atoms with E-state index in [-0.39, 0.29) is 16.3 Å². The van der Waals surface area contributed by atoms with E-state index < -0.39 is 32.2 Å². The minimum Gasteiger partial charge on any atom is -0.493 e. The van der Waals surface area contributed by atoms with E-state index in [1.165, 1.54) is 33.4 Å². The average Bonchev–Trinajstić information content (AvgIpc) is 2.95. The van der Waals surface area contributed by atoms with E-state index in [4.69, 9.17) is 0 Å². The first-order chi connectivity index (χ1) is 19.1. The summed E-state index contributed by atoms with van der Waals surface area (Å²) in [6.07, 6.45) is 3.89. The number of benzene rings is 2. The number of nitriles is 1. The third-order valence-electron chi connectivity index (χ3n) is 6.85. The lowest BCUT2D eigenvalue weighted by molar-refractivity contribution is 0.358. The summed E-state index contributed by atoms with van der Waals surface area (Å²) in [5.41, 5.74) is 0.723. The van der Waals surface area contributed by atoms with Crippen LogP contribution >= 0.6 is 0 Å². The van der Waals surface area contributed by atoms with Crippen LogP contribution < -0.4 is 11.1 Å². The van der Waals surface area contributed by atoms with Crippen molar-refractivity contribution in [3.05, 3.63) is 105 Å². The van der Waals surface area contributed by atoms with Crippen LogP contribution in [0.5, 0.6) is 5.88 Å². The van der Waals surface area contributed by atoms with Crippen molar-refractivity contribution in [3.8, 4) is 23.1 Å². The van der Waals surface area contributed by atoms with Crippen molar-refractivity contribution in [2.24, 2.45) is 7.05 Å². The number of sulfone groups is 1. The predicted molar refractivity (Wildman–Crippen MR) is 151 cm³/mol. The molecular formula is C30H30N4O5S. The van der Waals surface area contributed by atoms with Crippen LogP contribution in [-0.2, 0) is 23.3 Å². The highest BCUT2D eigenvalue weighted by Gasteiger charge is 2.32. The third kappa shape index (κ3) is 5.33. The smallest absolute Gasteiger partial charge is 0.296 e. The van der Waals surface area contributed by atoms with Gasteiger partial charge in [-0.3, -0.25) is 14.2 Å². The number of rotatable bonds is 9. The molecule has 0 aliphatic heterocycles. The second kappa shape index (κ2) is 11.7. The van der Waals surface area contributed by atoms with Gasteiger partial charge < -0.3 is 9.67 Å². The van der Waals surface area contributed by atoms with E-state index >= 15 is 0 Å². The Labute approximate surface area is 232 Å². The normalized spacial score (nSPS) is 12.2. The molecule has 0 amide bonds. The van der Waals surface area contributed by atoms with Crippen LogP contribution in [-0.4, -0.2) is 27.6 Å². The van der Waals surface area contributed by atoms with Crippen LogP contribution in [0.25, 0.3) is 11.1 Å². The molecule has 40 heavy (non-hydrogen) atoms. The summed E-state index contributed by atoms with van der Waals surface area (Å²) < 4.78 is 30.3. The van der Waals surface area contributed by atoms with Gasteiger partial charge in [0.15, 0.2) is 4.90 Å². The molecule has 0 spiro atoms. The molecule has 4 rings (SSSR count). The summed E-state index contributed by atoms with van der Waals surface area (Å²) in [5.74, 6) is -0.422. The van der Waals surface area contributed by atoms with Crippen molar-refractivity contribution in [2.75, 3.05) is 0 Å². The molecule has 1 atom stereocenters. The number of aromatic hydroxyl groups is 1. The molecule has 0 fully saturated rings. The van der Waals surface area contributed by atoms with E-state index in [1.807, 2.05) is 13.8 Å². The quantitative estimate of drug-likeness (QED) is 0.322. The Bertz CT molecular complexity index is 1820. The lowest BCUT2D eigenvalue weighted by Crippen LogP contribution is -2.27. The summed E-state index contributed by atoms with van der Waals surface area (Å²) in [4.78, 5) is 28.8. The fraction of sp³-hybridized carbons (Fsp3) is 0.267. The Hall–Kier alpha value is -4.49. The molecule has 0 saturated heterocycles. The van der Waals surface area contributed by atoms with Crippen LogP contribution in [0.1, 0.15) is 56.1 Å². The van der Waals surface area contributed by atoms with Gasteiger partial charge in [0, 0.05) is 25.2 Å². The molecule has 10 heteroatoms. The molecule has 206 valence electrons. The lowest BCUT2D eigenvalue weighted by atomic mass is 10.0. The van der Waals surface area contributed by atoms with Crippen LogP contribution in [0.3, 0.4) is 0 Å². The maximum atomic E-state index is 13.7. The molecule has 0 aliphatic carbocycles. The predicted octanol–water partition coefficient (Wildman–Crippen LogP) is 4.36. The first-order valence-corrected chi connectivity index (χ1v) is 14.5. The van der Waals surface area contributed by atoms with Gasteiger partial charge >= 0.3 is 0 Å². The van der Waals surface area contributed by atoms with Gasteiger partial charge in [-0.1, -0.05) is 44.5 Å². The molecule has 2 aromatic heterocycles. The summed E-state index contributed by atoms with van der Waals surface area (Å²) in [6.45, 7) is 3.84. The third-order valence-corrected chi connectivity index (χ3v) is 8.64. The fourth-order valence-corrected chi connectivity index (χ4v) is 6.10. The highest BCUT2D eigenvalue weighted by Crippen LogP contribution is 2.34. The summed E-state index contributed by atoms with van der Waals surface area (Å²) in [6, 6.07) is 17.3. The number of unbranched alkanes of at least 4 members (excludes halogenated alkanes) is 1. The van der Waals surface area contributed by atoms with Gasteiger partial charge in [-0.25, -0.2) is 8.42 Å². The van der Waals surface area contributed by atoms with Gasteiger partial charge in [-0.2, -0.15) is 10.2 Å². The van der Waals surface area contributed by atoms with Crippen molar-refractivity contribution in [3.63, 3.8) is 0 Å². The van der Waals surface area contributed by atoms with E-state index in [2.05, 4.69) is 11.1 Å². The molecule has 2 heterocycles. The summed E-state index contributed by atoms with van der Waals surface area (Å²) in [7, 11) is -2.87. The number of pyridine rings is 1. The second-order valence-corrected chi connectivity index (χ2v) is 11.4. The maximum Gasteiger partial charge on any atom is 0.296 e. The first-order valence-electron chi connectivity index (χ1n) is 13.0. The summed E-state index contributed by atoms with van der Waals surface area (Å²) >= 11 is 0. The molecule has 0 saturated carbocycles. The van der Waals surface area contributed by atoms with Gasteiger partial charge in [0.2, 0.25) is 15.7 Å². The van der Waals surface area contributed by atoms with E-state index in [1.54, 1.807) is 49.6 Å². The van der Waals surface area contributed by atoms with Crippen molar-refractivity contribution in [1.29, 1.82) is 5.26 Å². The minimum absolute atomic E-state index is 0.217. The van der Waals surface area contributed by atoms with Crippen molar-refractivity contribution in [1.82, 2.24) is 14.1 Å². The van der Waals surface area contributed by atoms with Gasteiger partial charge in [0.1, 0.15) is 5.82 Å². The zero-order valence-electron chi connectivity index (χ0n) is 22.5. The molecule has 0 aliphatic rings. The van der Waals surface area contributed by atoms with E-state index in [0.29, 0.717) is 41.5 Å². The Morgan fingerprint density at radius 1 is 1.05 bits per heavy atom. The zero-order valence-corrected chi connectivity index (χ0v) is 23.4. The monoisotopic (exact) mass is 558 g/mol. The van der Waals surface area contributed by atoms with Crippen molar-refractivity contribution < 1.29 is 13.5 Å². The van der Waals surface area contributed by atoms with Crippen LogP contribution in [0.2, 0.25) is 0 Å². The SMILES string of the molecule is CCCCc1nc(=O)c(S(=O)(=O)c2ccc(-c3cccn(C)c3=O)cc2)c(O)n1C(CC)c1cccc(C#N)c1. The Kier molecular flexibility index (Phi) is 8.35. The van der Waals surface area contributed by atoms with Crippen molar-refractivity contribution >= 4 is 9.84 Å². The number of hydrogen-bond acceptors (Lipinski definition) is 7. The molecule has 0 bridgehead atoms. The van der Waals surface area contributed by atoms with Crippen LogP contribution in [0.15, 0.2) is 86.2 Å². The molecular weight excluding hydrogens is 528 g/mol. The molecule has 1 unspecified atom stereocenters. The second-order valence-electron chi connectivity index (χ2n) is 9.49. The molecule has 9 nitrogen and oxygen atoms in total. The highest BCUT2D eigenvalue weighted by atomic mass is 32.2. The number of nitrogens with zero attached hydrogens (tertiary/aromatic N) is 4.